The first-order valence-electron chi connectivity index (χ1n) is 4.81. The molecule has 0 unspecified atom stereocenters. The number of anilines is 1. The molecule has 90 valence electrons. The lowest BCUT2D eigenvalue weighted by molar-refractivity contribution is 0.463. The molecule has 1 N–H and O–H groups in total. The summed E-state index contributed by atoms with van der Waals surface area (Å²) in [6.45, 7) is 5.56. The number of hydrogen-bond acceptors (Lipinski definition) is 3. The maximum absolute atomic E-state index is 11.8. The number of sulfonamides is 1. The molecule has 0 aliphatic rings. The molecule has 0 atom stereocenters. The van der Waals surface area contributed by atoms with Crippen LogP contribution < -0.4 is 4.72 Å². The summed E-state index contributed by atoms with van der Waals surface area (Å²) in [5, 5.41) is 0.292. The molecule has 0 aliphatic carbocycles. The highest BCUT2D eigenvalue weighted by Crippen LogP contribution is 2.21. The van der Waals surface area contributed by atoms with Crippen LogP contribution in [0.1, 0.15) is 20.8 Å². The Morgan fingerprint density at radius 1 is 1.44 bits per heavy atom. The van der Waals surface area contributed by atoms with Crippen molar-refractivity contribution in [2.24, 2.45) is 5.41 Å². The Morgan fingerprint density at radius 2 is 2.06 bits per heavy atom. The second-order valence-electron chi connectivity index (χ2n) is 4.76. The first-order valence-corrected chi connectivity index (χ1v) is 6.84. The monoisotopic (exact) mass is 262 g/mol. The molecule has 1 aromatic heterocycles. The van der Waals surface area contributed by atoms with Crippen molar-refractivity contribution < 1.29 is 8.42 Å². The zero-order chi connectivity index (χ0) is 12.4. The fraction of sp³-hybridized carbons (Fsp3) is 0.500. The van der Waals surface area contributed by atoms with Gasteiger partial charge in [0.05, 0.1) is 10.8 Å². The minimum Gasteiger partial charge on any atom is -0.266 e. The van der Waals surface area contributed by atoms with Gasteiger partial charge in [-0.3, -0.25) is 4.72 Å². The smallest absolute Gasteiger partial charge is 0.234 e. The molecule has 1 aromatic rings. The topological polar surface area (TPSA) is 59.1 Å². The van der Waals surface area contributed by atoms with Crippen LogP contribution in [-0.4, -0.2) is 19.2 Å². The second-order valence-corrected chi connectivity index (χ2v) is 6.89. The fourth-order valence-corrected chi connectivity index (χ4v) is 3.11. The van der Waals surface area contributed by atoms with Gasteiger partial charge in [0.25, 0.3) is 0 Å². The van der Waals surface area contributed by atoms with Crippen molar-refractivity contribution in [2.75, 3.05) is 10.5 Å². The summed E-state index contributed by atoms with van der Waals surface area (Å²) in [6.07, 6.45) is 1.49. The van der Waals surface area contributed by atoms with Gasteiger partial charge in [-0.25, -0.2) is 13.4 Å². The predicted molar refractivity (Wildman–Crippen MR) is 66.1 cm³/mol. The number of nitrogens with one attached hydrogen (secondary N) is 1. The van der Waals surface area contributed by atoms with E-state index >= 15 is 0 Å². The minimum absolute atomic E-state index is 0.0207. The predicted octanol–water partition coefficient (Wildman–Crippen LogP) is 2.52. The fourth-order valence-electron chi connectivity index (χ4n) is 1.21. The van der Waals surface area contributed by atoms with Crippen LogP contribution in [0.3, 0.4) is 0 Å². The number of pyridine rings is 1. The van der Waals surface area contributed by atoms with Gasteiger partial charge in [-0.1, -0.05) is 32.4 Å². The van der Waals surface area contributed by atoms with E-state index in [0.29, 0.717) is 5.02 Å². The van der Waals surface area contributed by atoms with Gasteiger partial charge in [0.15, 0.2) is 5.82 Å². The first-order chi connectivity index (χ1) is 7.20. The Morgan fingerprint density at radius 3 is 2.56 bits per heavy atom. The number of aromatic nitrogens is 1. The van der Waals surface area contributed by atoms with Crippen molar-refractivity contribution in [2.45, 2.75) is 20.8 Å². The number of hydrogen-bond donors (Lipinski definition) is 1. The maximum atomic E-state index is 11.8. The molecule has 0 bridgehead atoms. The van der Waals surface area contributed by atoms with E-state index in [1.54, 1.807) is 12.1 Å². The third kappa shape index (κ3) is 4.37. The molecule has 0 spiro atoms. The van der Waals surface area contributed by atoms with Gasteiger partial charge in [-0.2, -0.15) is 0 Å². The van der Waals surface area contributed by atoms with E-state index in [9.17, 15) is 8.42 Å². The van der Waals surface area contributed by atoms with Gasteiger partial charge in [-0.15, -0.1) is 0 Å². The molecule has 0 saturated carbocycles. The molecule has 16 heavy (non-hydrogen) atoms. The molecule has 4 nitrogen and oxygen atoms in total. The highest BCUT2D eigenvalue weighted by molar-refractivity contribution is 7.92. The van der Waals surface area contributed by atoms with Gasteiger partial charge >= 0.3 is 0 Å². The molecule has 0 amide bonds. The van der Waals surface area contributed by atoms with Crippen molar-refractivity contribution >= 4 is 27.4 Å². The van der Waals surface area contributed by atoms with E-state index in [0.717, 1.165) is 0 Å². The molecule has 1 rings (SSSR count). The molecular formula is C10H15ClN2O2S. The van der Waals surface area contributed by atoms with Gasteiger partial charge in [-0.05, 0) is 17.5 Å². The molecular weight excluding hydrogens is 248 g/mol. The average molecular weight is 263 g/mol. The summed E-state index contributed by atoms with van der Waals surface area (Å²) in [6, 6.07) is 3.23. The van der Waals surface area contributed by atoms with E-state index in [2.05, 4.69) is 9.71 Å². The molecule has 6 heteroatoms. The van der Waals surface area contributed by atoms with Crippen molar-refractivity contribution in [3.05, 3.63) is 23.4 Å². The number of nitrogens with zero attached hydrogens (tertiary/aromatic N) is 1. The van der Waals surface area contributed by atoms with E-state index < -0.39 is 10.0 Å². The van der Waals surface area contributed by atoms with E-state index in [1.165, 1.54) is 6.20 Å². The summed E-state index contributed by atoms with van der Waals surface area (Å²) >= 11 is 5.81. The van der Waals surface area contributed by atoms with Crippen LogP contribution in [0.15, 0.2) is 18.3 Å². The normalized spacial score (nSPS) is 12.5. The SMILES string of the molecule is CC(C)(C)CS(=O)(=O)Nc1ncccc1Cl. The van der Waals surface area contributed by atoms with Gasteiger partial charge in [0.2, 0.25) is 10.0 Å². The zero-order valence-electron chi connectivity index (χ0n) is 9.49. The second kappa shape index (κ2) is 4.59. The Kier molecular flexibility index (Phi) is 3.80. The van der Waals surface area contributed by atoms with Crippen LogP contribution in [0.25, 0.3) is 0 Å². The average Bonchev–Trinajstić information content (AvgIpc) is 2.04. The summed E-state index contributed by atoms with van der Waals surface area (Å²) in [4.78, 5) is 3.87. The summed E-state index contributed by atoms with van der Waals surface area (Å²) < 4.78 is 25.9. The maximum Gasteiger partial charge on any atom is 0.234 e. The summed E-state index contributed by atoms with van der Waals surface area (Å²) in [5.74, 6) is 0.195. The lowest BCUT2D eigenvalue weighted by Gasteiger charge is -2.18. The molecule has 0 radical (unpaired) electrons. The highest BCUT2D eigenvalue weighted by Gasteiger charge is 2.22. The van der Waals surface area contributed by atoms with Gasteiger partial charge < -0.3 is 0 Å². The molecule has 1 heterocycles. The van der Waals surface area contributed by atoms with Crippen molar-refractivity contribution in [1.29, 1.82) is 0 Å². The molecule has 0 aliphatic heterocycles. The van der Waals surface area contributed by atoms with E-state index in [-0.39, 0.29) is 17.0 Å². The van der Waals surface area contributed by atoms with Gasteiger partial charge in [0.1, 0.15) is 0 Å². The Bertz CT molecular complexity index is 466. The first kappa shape index (κ1) is 13.3. The minimum atomic E-state index is -3.41. The molecule has 0 fully saturated rings. The zero-order valence-corrected chi connectivity index (χ0v) is 11.1. The lowest BCUT2D eigenvalue weighted by Crippen LogP contribution is -2.26. The van der Waals surface area contributed by atoms with E-state index in [1.807, 2.05) is 20.8 Å². The Labute approximate surface area is 101 Å². The Balaban J connectivity index is 2.86. The highest BCUT2D eigenvalue weighted by atomic mass is 35.5. The van der Waals surface area contributed by atoms with Crippen LogP contribution >= 0.6 is 11.6 Å². The van der Waals surface area contributed by atoms with Crippen molar-refractivity contribution in [3.63, 3.8) is 0 Å². The lowest BCUT2D eigenvalue weighted by atomic mass is 10.0. The van der Waals surface area contributed by atoms with Crippen molar-refractivity contribution in [3.8, 4) is 0 Å². The van der Waals surface area contributed by atoms with Crippen LogP contribution in [-0.2, 0) is 10.0 Å². The Hall–Kier alpha value is -0.810. The largest absolute Gasteiger partial charge is 0.266 e. The molecule has 0 saturated heterocycles. The molecule has 0 aromatic carbocycles. The summed E-state index contributed by atoms with van der Waals surface area (Å²) in [5.41, 5.74) is -0.312. The van der Waals surface area contributed by atoms with Crippen molar-refractivity contribution in [1.82, 2.24) is 4.98 Å². The van der Waals surface area contributed by atoms with Crippen LogP contribution in [0, 0.1) is 5.41 Å². The third-order valence-corrected chi connectivity index (χ3v) is 3.69. The summed E-state index contributed by atoms with van der Waals surface area (Å²) in [7, 11) is -3.41. The standard InChI is InChI=1S/C10H15ClN2O2S/c1-10(2,3)7-16(14,15)13-9-8(11)5-4-6-12-9/h4-6H,7H2,1-3H3,(H,12,13). The van der Waals surface area contributed by atoms with Gasteiger partial charge in [0, 0.05) is 6.20 Å². The number of rotatable bonds is 3. The third-order valence-electron chi connectivity index (χ3n) is 1.63. The quantitative estimate of drug-likeness (QED) is 0.911. The van der Waals surface area contributed by atoms with E-state index in [4.69, 9.17) is 11.6 Å². The van der Waals surface area contributed by atoms with Crippen LogP contribution in [0.4, 0.5) is 5.82 Å². The van der Waals surface area contributed by atoms with Crippen LogP contribution in [0.5, 0.6) is 0 Å². The number of halogens is 1. The van der Waals surface area contributed by atoms with Crippen LogP contribution in [0.2, 0.25) is 5.02 Å².